The van der Waals surface area contributed by atoms with Crippen LogP contribution in [0.2, 0.25) is 5.15 Å². The molecule has 0 atom stereocenters. The Balaban J connectivity index is 1.38. The van der Waals surface area contributed by atoms with Crippen molar-refractivity contribution in [2.24, 2.45) is 7.05 Å². The quantitative estimate of drug-likeness (QED) is 0.289. The van der Waals surface area contributed by atoms with E-state index < -0.39 is 0 Å². The number of nitrogens with zero attached hydrogens (tertiary/aromatic N) is 4. The van der Waals surface area contributed by atoms with Gasteiger partial charge in [-0.05, 0) is 36.4 Å². The number of nitrogens with one attached hydrogen (secondary N) is 1. The molecule has 1 amide bonds. The third-order valence-electron chi connectivity index (χ3n) is 5.36. The molecule has 0 aliphatic rings. The summed E-state index contributed by atoms with van der Waals surface area (Å²) in [6.07, 6.45) is 5.17. The fourth-order valence-electron chi connectivity index (χ4n) is 3.68. The maximum Gasteiger partial charge on any atom is 0.256 e. The Morgan fingerprint density at radius 3 is 2.74 bits per heavy atom. The SMILES string of the molecule is Cn1nc(-c2cccnc2)c(CSc2ccccc2C(=O)Nc2cnc3ccccc3c2)c1Cl. The zero-order valence-electron chi connectivity index (χ0n) is 18.3. The minimum absolute atomic E-state index is 0.190. The van der Waals surface area contributed by atoms with E-state index in [4.69, 9.17) is 11.6 Å². The van der Waals surface area contributed by atoms with Crippen LogP contribution in [0.15, 0.2) is 90.2 Å². The molecular weight excluding hydrogens is 466 g/mol. The first kappa shape index (κ1) is 22.1. The lowest BCUT2D eigenvalue weighted by Gasteiger charge is -2.11. The van der Waals surface area contributed by atoms with Gasteiger partial charge in [-0.15, -0.1) is 11.8 Å². The first-order valence-corrected chi connectivity index (χ1v) is 12.0. The van der Waals surface area contributed by atoms with Gasteiger partial charge in [0.2, 0.25) is 0 Å². The molecule has 6 nitrogen and oxygen atoms in total. The number of anilines is 1. The third-order valence-corrected chi connectivity index (χ3v) is 6.93. The second kappa shape index (κ2) is 9.67. The van der Waals surface area contributed by atoms with Crippen LogP contribution in [-0.4, -0.2) is 25.7 Å². The highest BCUT2D eigenvalue weighted by atomic mass is 35.5. The van der Waals surface area contributed by atoms with Crippen molar-refractivity contribution in [3.05, 3.63) is 102 Å². The van der Waals surface area contributed by atoms with E-state index in [1.165, 1.54) is 0 Å². The molecule has 8 heteroatoms. The van der Waals surface area contributed by atoms with Crippen molar-refractivity contribution < 1.29 is 4.79 Å². The molecule has 0 spiro atoms. The number of aryl methyl sites for hydroxylation is 1. The summed E-state index contributed by atoms with van der Waals surface area (Å²) in [4.78, 5) is 22.6. The molecule has 0 fully saturated rings. The van der Waals surface area contributed by atoms with Gasteiger partial charge in [0, 0.05) is 46.6 Å². The Kier molecular flexibility index (Phi) is 6.29. The number of fused-ring (bicyclic) bond motifs is 1. The molecule has 5 rings (SSSR count). The number of para-hydroxylation sites is 1. The molecule has 0 unspecified atom stereocenters. The van der Waals surface area contributed by atoms with Crippen LogP contribution in [0.4, 0.5) is 5.69 Å². The molecule has 34 heavy (non-hydrogen) atoms. The summed E-state index contributed by atoms with van der Waals surface area (Å²) in [6, 6.07) is 21.1. The van der Waals surface area contributed by atoms with Crippen molar-refractivity contribution in [3.8, 4) is 11.3 Å². The number of thioether (sulfide) groups is 1. The molecule has 1 N–H and O–H groups in total. The number of hydrogen-bond donors (Lipinski definition) is 1. The van der Waals surface area contributed by atoms with E-state index in [0.717, 1.165) is 32.6 Å². The number of aromatic nitrogens is 4. The smallest absolute Gasteiger partial charge is 0.256 e. The van der Waals surface area contributed by atoms with Crippen molar-refractivity contribution in [2.75, 3.05) is 5.32 Å². The molecule has 2 aromatic carbocycles. The van der Waals surface area contributed by atoms with Gasteiger partial charge in [-0.1, -0.05) is 41.9 Å². The van der Waals surface area contributed by atoms with Crippen LogP contribution in [-0.2, 0) is 12.8 Å². The van der Waals surface area contributed by atoms with E-state index >= 15 is 0 Å². The van der Waals surface area contributed by atoms with Crippen molar-refractivity contribution in [1.29, 1.82) is 0 Å². The number of carbonyl (C=O) groups is 1. The molecule has 0 radical (unpaired) electrons. The summed E-state index contributed by atoms with van der Waals surface area (Å²) >= 11 is 8.11. The van der Waals surface area contributed by atoms with Gasteiger partial charge in [0.1, 0.15) is 5.15 Å². The highest BCUT2D eigenvalue weighted by Crippen LogP contribution is 2.35. The Bertz CT molecular complexity index is 1490. The van der Waals surface area contributed by atoms with Crippen molar-refractivity contribution >= 4 is 45.9 Å². The van der Waals surface area contributed by atoms with E-state index in [-0.39, 0.29) is 5.91 Å². The predicted molar refractivity (Wildman–Crippen MR) is 137 cm³/mol. The number of hydrogen-bond acceptors (Lipinski definition) is 5. The second-order valence-electron chi connectivity index (χ2n) is 7.64. The Labute approximate surface area is 206 Å². The number of carbonyl (C=O) groups excluding carboxylic acids is 1. The first-order chi connectivity index (χ1) is 16.6. The van der Waals surface area contributed by atoms with Crippen LogP contribution in [0.25, 0.3) is 22.2 Å². The second-order valence-corrected chi connectivity index (χ2v) is 9.01. The normalized spacial score (nSPS) is 11.0. The fourth-order valence-corrected chi connectivity index (χ4v) is 5.02. The molecule has 0 saturated carbocycles. The van der Waals surface area contributed by atoms with Crippen LogP contribution in [0, 0.1) is 0 Å². The number of pyridine rings is 2. The van der Waals surface area contributed by atoms with Crippen LogP contribution in [0.1, 0.15) is 15.9 Å². The highest BCUT2D eigenvalue weighted by Gasteiger charge is 2.18. The van der Waals surface area contributed by atoms with Crippen LogP contribution < -0.4 is 5.32 Å². The van der Waals surface area contributed by atoms with Gasteiger partial charge in [-0.2, -0.15) is 5.10 Å². The molecule has 0 aliphatic heterocycles. The van der Waals surface area contributed by atoms with Crippen LogP contribution in [0.5, 0.6) is 0 Å². The lowest BCUT2D eigenvalue weighted by Crippen LogP contribution is -2.13. The maximum absolute atomic E-state index is 13.1. The molecule has 0 aliphatic carbocycles. The Morgan fingerprint density at radius 2 is 1.88 bits per heavy atom. The van der Waals surface area contributed by atoms with E-state index in [9.17, 15) is 4.79 Å². The summed E-state index contributed by atoms with van der Waals surface area (Å²) in [7, 11) is 1.81. The predicted octanol–water partition coefficient (Wildman–Crippen LogP) is 6.23. The van der Waals surface area contributed by atoms with E-state index in [0.29, 0.717) is 22.2 Å². The molecular formula is C26H20ClN5OS. The number of amides is 1. The Hall–Kier alpha value is -3.68. The van der Waals surface area contributed by atoms with Gasteiger partial charge in [0.25, 0.3) is 5.91 Å². The highest BCUT2D eigenvalue weighted by molar-refractivity contribution is 7.98. The zero-order valence-corrected chi connectivity index (χ0v) is 19.8. The molecule has 3 heterocycles. The lowest BCUT2D eigenvalue weighted by molar-refractivity contribution is 0.102. The van der Waals surface area contributed by atoms with Crippen molar-refractivity contribution in [1.82, 2.24) is 19.7 Å². The monoisotopic (exact) mass is 485 g/mol. The molecule has 0 saturated heterocycles. The molecule has 3 aromatic heterocycles. The van der Waals surface area contributed by atoms with E-state index in [1.807, 2.05) is 73.8 Å². The summed E-state index contributed by atoms with van der Waals surface area (Å²) < 4.78 is 1.66. The molecule has 5 aromatic rings. The largest absolute Gasteiger partial charge is 0.321 e. The average Bonchev–Trinajstić information content (AvgIpc) is 3.16. The molecule has 0 bridgehead atoms. The third kappa shape index (κ3) is 4.53. The van der Waals surface area contributed by atoms with Gasteiger partial charge in [0.15, 0.2) is 0 Å². The van der Waals surface area contributed by atoms with E-state index in [1.54, 1.807) is 35.0 Å². The number of rotatable bonds is 6. The van der Waals surface area contributed by atoms with Crippen LogP contribution in [0.3, 0.4) is 0 Å². The van der Waals surface area contributed by atoms with Gasteiger partial charge in [-0.3, -0.25) is 19.4 Å². The summed E-state index contributed by atoms with van der Waals surface area (Å²) in [5, 5.41) is 9.09. The van der Waals surface area contributed by atoms with Gasteiger partial charge in [0.05, 0.1) is 28.7 Å². The topological polar surface area (TPSA) is 72.7 Å². The van der Waals surface area contributed by atoms with Crippen molar-refractivity contribution in [3.63, 3.8) is 0 Å². The number of halogens is 1. The molecule has 168 valence electrons. The Morgan fingerprint density at radius 1 is 1.06 bits per heavy atom. The van der Waals surface area contributed by atoms with E-state index in [2.05, 4.69) is 20.4 Å². The minimum atomic E-state index is -0.190. The van der Waals surface area contributed by atoms with Gasteiger partial charge >= 0.3 is 0 Å². The maximum atomic E-state index is 13.1. The summed E-state index contributed by atoms with van der Waals surface area (Å²) in [6.45, 7) is 0. The number of benzene rings is 2. The average molecular weight is 486 g/mol. The van der Waals surface area contributed by atoms with Crippen molar-refractivity contribution in [2.45, 2.75) is 10.6 Å². The summed E-state index contributed by atoms with van der Waals surface area (Å²) in [5.41, 5.74) is 4.71. The zero-order chi connectivity index (χ0) is 23.5. The summed E-state index contributed by atoms with van der Waals surface area (Å²) in [5.74, 6) is 0.364. The van der Waals surface area contributed by atoms with Gasteiger partial charge in [-0.25, -0.2) is 0 Å². The standard InChI is InChI=1S/C26H20ClN5OS/c1-32-25(27)21(24(31-32)18-8-6-12-28-14-18)16-34-23-11-5-3-9-20(23)26(33)30-19-13-17-7-2-4-10-22(17)29-15-19/h2-15H,16H2,1H3,(H,30,33). The van der Waals surface area contributed by atoms with Gasteiger partial charge < -0.3 is 5.32 Å². The first-order valence-electron chi connectivity index (χ1n) is 10.6. The van der Waals surface area contributed by atoms with Crippen LogP contribution >= 0.6 is 23.4 Å². The fraction of sp³-hybridized carbons (Fsp3) is 0.0769. The lowest BCUT2D eigenvalue weighted by atomic mass is 10.1. The minimum Gasteiger partial charge on any atom is -0.321 e.